The summed E-state index contributed by atoms with van der Waals surface area (Å²) in [5, 5.41) is 0. The van der Waals surface area contributed by atoms with E-state index in [9.17, 15) is 0 Å². The molecule has 0 amide bonds. The molecule has 2 aromatic carbocycles. The number of allylic oxidation sites excluding steroid dienone is 2. The molecule has 3 heterocycles. The van der Waals surface area contributed by atoms with Gasteiger partial charge in [-0.3, -0.25) is 0 Å². The molecule has 0 bridgehead atoms. The molecule has 3 aliphatic rings. The number of benzene rings is 2. The Morgan fingerprint density at radius 1 is 0.769 bits per heavy atom. The average Bonchev–Trinajstić information content (AvgIpc) is 2.69. The summed E-state index contributed by atoms with van der Waals surface area (Å²) in [6.07, 6.45) is 5.76. The Hall–Kier alpha value is -3.80. The van der Waals surface area contributed by atoms with Crippen LogP contribution in [-0.2, 0) is 0 Å². The summed E-state index contributed by atoms with van der Waals surface area (Å²) in [6, 6.07) is 17.4. The number of amidine groups is 3. The lowest BCUT2D eigenvalue weighted by molar-refractivity contribution is 0.711. The van der Waals surface area contributed by atoms with Gasteiger partial charge in [0.05, 0.1) is 0 Å². The summed E-state index contributed by atoms with van der Waals surface area (Å²) in [6.45, 7) is 0. The Bertz CT molecular complexity index is 1090. The van der Waals surface area contributed by atoms with E-state index in [-0.39, 0.29) is 0 Å². The van der Waals surface area contributed by atoms with Gasteiger partial charge in [0, 0.05) is 16.8 Å². The van der Waals surface area contributed by atoms with Crippen LogP contribution >= 0.6 is 0 Å². The minimum atomic E-state index is 0.540. The standard InChI is InChI=1S/C20H14N6/c21-15-10-5-4-9-14(15)19-23-17-12-6-11-16-22-18(13-7-2-1-3-8-13)24-20(25-19)26(16)17/h1-12H,21H2. The zero-order valence-corrected chi connectivity index (χ0v) is 13.7. The van der Waals surface area contributed by atoms with E-state index in [1.807, 2.05) is 77.7 Å². The number of para-hydroxylation sites is 1. The molecule has 26 heavy (non-hydrogen) atoms. The maximum absolute atomic E-state index is 6.11. The molecule has 0 aromatic heterocycles. The average molecular weight is 338 g/mol. The molecule has 0 unspecified atom stereocenters. The summed E-state index contributed by atoms with van der Waals surface area (Å²) in [7, 11) is 0. The number of aliphatic imine (C=N–C) groups is 4. The minimum absolute atomic E-state index is 0.540. The Labute approximate surface area is 150 Å². The summed E-state index contributed by atoms with van der Waals surface area (Å²) < 4.78 is 0. The molecule has 2 aromatic rings. The maximum Gasteiger partial charge on any atom is 0.241 e. The van der Waals surface area contributed by atoms with Crippen molar-refractivity contribution in [1.82, 2.24) is 4.90 Å². The number of nitrogen functional groups attached to an aromatic ring is 1. The van der Waals surface area contributed by atoms with Crippen molar-refractivity contribution in [2.24, 2.45) is 20.0 Å². The molecule has 2 N–H and O–H groups in total. The van der Waals surface area contributed by atoms with E-state index >= 15 is 0 Å². The number of rotatable bonds is 2. The van der Waals surface area contributed by atoms with Crippen molar-refractivity contribution >= 4 is 29.2 Å². The predicted molar refractivity (Wildman–Crippen MR) is 104 cm³/mol. The van der Waals surface area contributed by atoms with Gasteiger partial charge in [0.1, 0.15) is 11.7 Å². The molecule has 3 aliphatic heterocycles. The molecule has 0 saturated heterocycles. The first-order chi connectivity index (χ1) is 12.8. The minimum Gasteiger partial charge on any atom is -0.398 e. The van der Waals surface area contributed by atoms with Crippen LogP contribution < -0.4 is 5.73 Å². The second-order valence-electron chi connectivity index (χ2n) is 5.93. The van der Waals surface area contributed by atoms with Crippen LogP contribution in [0.3, 0.4) is 0 Å². The van der Waals surface area contributed by atoms with Crippen molar-refractivity contribution in [3.63, 3.8) is 0 Å². The number of nitrogens with two attached hydrogens (primary N) is 1. The van der Waals surface area contributed by atoms with E-state index in [2.05, 4.69) is 20.0 Å². The molecule has 6 heteroatoms. The van der Waals surface area contributed by atoms with Crippen LogP contribution in [0.2, 0.25) is 0 Å². The molecule has 5 rings (SSSR count). The Morgan fingerprint density at radius 2 is 1.58 bits per heavy atom. The van der Waals surface area contributed by atoms with E-state index in [0.29, 0.717) is 23.3 Å². The highest BCUT2D eigenvalue weighted by Gasteiger charge is 2.31. The third-order valence-electron chi connectivity index (χ3n) is 4.24. The van der Waals surface area contributed by atoms with Crippen molar-refractivity contribution in [1.29, 1.82) is 0 Å². The number of hydrogen-bond acceptors (Lipinski definition) is 6. The van der Waals surface area contributed by atoms with Crippen LogP contribution in [0.5, 0.6) is 0 Å². The first-order valence-corrected chi connectivity index (χ1v) is 8.23. The molecule has 0 aliphatic carbocycles. The first-order valence-electron chi connectivity index (χ1n) is 8.23. The quantitative estimate of drug-likeness (QED) is 0.855. The lowest BCUT2D eigenvalue weighted by atomic mass is 10.1. The van der Waals surface area contributed by atoms with E-state index < -0.39 is 0 Å². The molecule has 0 atom stereocenters. The number of nitrogens with zero attached hydrogens (tertiary/aromatic N) is 5. The van der Waals surface area contributed by atoms with Crippen LogP contribution in [0.4, 0.5) is 5.69 Å². The Kier molecular flexibility index (Phi) is 3.15. The van der Waals surface area contributed by atoms with Crippen molar-refractivity contribution < 1.29 is 0 Å². The van der Waals surface area contributed by atoms with Gasteiger partial charge in [-0.25, -0.2) is 14.9 Å². The van der Waals surface area contributed by atoms with Crippen molar-refractivity contribution in [3.8, 4) is 0 Å². The highest BCUT2D eigenvalue weighted by molar-refractivity contribution is 6.25. The summed E-state index contributed by atoms with van der Waals surface area (Å²) >= 11 is 0. The van der Waals surface area contributed by atoms with Crippen molar-refractivity contribution in [3.05, 3.63) is 89.8 Å². The molecule has 0 spiro atoms. The first kappa shape index (κ1) is 14.5. The highest BCUT2D eigenvalue weighted by atomic mass is 15.4. The summed E-state index contributed by atoms with van der Waals surface area (Å²) in [4.78, 5) is 20.5. The third kappa shape index (κ3) is 2.28. The van der Waals surface area contributed by atoms with Gasteiger partial charge in [-0.15, -0.1) is 0 Å². The second-order valence-corrected chi connectivity index (χ2v) is 5.93. The fourth-order valence-electron chi connectivity index (χ4n) is 2.98. The van der Waals surface area contributed by atoms with Gasteiger partial charge in [-0.05, 0) is 24.3 Å². The van der Waals surface area contributed by atoms with Crippen LogP contribution in [0.1, 0.15) is 11.1 Å². The summed E-state index contributed by atoms with van der Waals surface area (Å²) in [5.41, 5.74) is 8.47. The van der Waals surface area contributed by atoms with Gasteiger partial charge in [-0.2, -0.15) is 9.98 Å². The van der Waals surface area contributed by atoms with Gasteiger partial charge in [-0.1, -0.05) is 48.5 Å². The van der Waals surface area contributed by atoms with E-state index in [1.54, 1.807) is 0 Å². The van der Waals surface area contributed by atoms with Crippen LogP contribution in [0.15, 0.2) is 98.6 Å². The third-order valence-corrected chi connectivity index (χ3v) is 4.24. The fraction of sp³-hybridized carbons (Fsp3) is 0. The SMILES string of the molecule is Nc1ccccc1C1=NC2=NC(c3ccccc3)=NC3=CC=CC(=N1)N32. The zero-order chi connectivity index (χ0) is 17.5. The maximum atomic E-state index is 6.11. The van der Waals surface area contributed by atoms with E-state index in [4.69, 9.17) is 5.73 Å². The smallest absolute Gasteiger partial charge is 0.241 e. The zero-order valence-electron chi connectivity index (χ0n) is 13.7. The van der Waals surface area contributed by atoms with Gasteiger partial charge in [0.2, 0.25) is 5.96 Å². The molecule has 6 nitrogen and oxygen atoms in total. The van der Waals surface area contributed by atoms with Gasteiger partial charge >= 0.3 is 0 Å². The second kappa shape index (κ2) is 5.63. The number of hydrogen-bond donors (Lipinski definition) is 1. The predicted octanol–water partition coefficient (Wildman–Crippen LogP) is 2.96. The van der Waals surface area contributed by atoms with Gasteiger partial charge in [0.25, 0.3) is 0 Å². The monoisotopic (exact) mass is 338 g/mol. The topological polar surface area (TPSA) is 78.7 Å². The molecule has 0 saturated carbocycles. The molecular formula is C20H14N6. The van der Waals surface area contributed by atoms with Crippen molar-refractivity contribution in [2.45, 2.75) is 0 Å². The lowest BCUT2D eigenvalue weighted by Gasteiger charge is -2.31. The highest BCUT2D eigenvalue weighted by Crippen LogP contribution is 2.26. The number of guanidine groups is 1. The fourth-order valence-corrected chi connectivity index (χ4v) is 2.98. The van der Waals surface area contributed by atoms with Crippen LogP contribution in [-0.4, -0.2) is 28.4 Å². The normalized spacial score (nSPS) is 17.5. The molecular weight excluding hydrogens is 324 g/mol. The van der Waals surface area contributed by atoms with Gasteiger partial charge in [0.15, 0.2) is 11.7 Å². The Morgan fingerprint density at radius 3 is 2.42 bits per heavy atom. The molecule has 0 radical (unpaired) electrons. The van der Waals surface area contributed by atoms with Gasteiger partial charge < -0.3 is 5.73 Å². The van der Waals surface area contributed by atoms with E-state index in [0.717, 1.165) is 22.8 Å². The Balaban J connectivity index is 1.67. The van der Waals surface area contributed by atoms with Crippen LogP contribution in [0.25, 0.3) is 0 Å². The molecule has 0 fully saturated rings. The van der Waals surface area contributed by atoms with Crippen molar-refractivity contribution in [2.75, 3.05) is 5.73 Å². The number of anilines is 1. The van der Waals surface area contributed by atoms with E-state index in [1.165, 1.54) is 0 Å². The largest absolute Gasteiger partial charge is 0.398 e. The lowest BCUT2D eigenvalue weighted by Crippen LogP contribution is -2.41. The molecule has 124 valence electrons. The van der Waals surface area contributed by atoms with Crippen LogP contribution in [0, 0.1) is 0 Å². The summed E-state index contributed by atoms with van der Waals surface area (Å²) in [5.74, 6) is 3.19.